The van der Waals surface area contributed by atoms with Gasteiger partial charge in [-0.15, -0.1) is 0 Å². The molecule has 0 unspecified atom stereocenters. The second-order valence-corrected chi connectivity index (χ2v) is 5.97. The molecule has 0 bridgehead atoms. The third-order valence-corrected chi connectivity index (χ3v) is 4.07. The van der Waals surface area contributed by atoms with Gasteiger partial charge in [-0.05, 0) is 54.4 Å². The number of carbonyl (C=O) groups is 1. The van der Waals surface area contributed by atoms with Crippen LogP contribution in [0.15, 0.2) is 78.9 Å². The minimum Gasteiger partial charge on any atom is -0.491 e. The molecule has 0 heterocycles. The van der Waals surface area contributed by atoms with E-state index in [2.05, 4.69) is 5.32 Å². The zero-order valence-electron chi connectivity index (χ0n) is 15.4. The summed E-state index contributed by atoms with van der Waals surface area (Å²) in [6.07, 6.45) is 0. The van der Waals surface area contributed by atoms with Crippen molar-refractivity contribution in [2.45, 2.75) is 6.92 Å². The molecule has 0 radical (unpaired) electrons. The van der Waals surface area contributed by atoms with Crippen molar-refractivity contribution < 1.29 is 14.3 Å². The molecule has 0 aliphatic heterocycles. The maximum Gasteiger partial charge on any atom is 0.255 e. The normalized spacial score (nSPS) is 10.4. The summed E-state index contributed by atoms with van der Waals surface area (Å²) in [7, 11) is 0. The fraction of sp³-hybridized carbons (Fsp3) is 0.174. The van der Waals surface area contributed by atoms with Gasteiger partial charge in [0.05, 0.1) is 6.61 Å². The molecule has 0 aromatic heterocycles. The molecular formula is C23H23NO3. The summed E-state index contributed by atoms with van der Waals surface area (Å²) in [5, 5.41) is 2.90. The van der Waals surface area contributed by atoms with E-state index in [0.717, 1.165) is 22.6 Å². The lowest BCUT2D eigenvalue weighted by Crippen LogP contribution is -2.11. The fourth-order valence-electron chi connectivity index (χ4n) is 2.65. The monoisotopic (exact) mass is 361 g/mol. The number of hydrogen-bond donors (Lipinski definition) is 1. The zero-order valence-corrected chi connectivity index (χ0v) is 15.4. The molecule has 0 spiro atoms. The maximum absolute atomic E-state index is 12.4. The number of hydrogen-bond acceptors (Lipinski definition) is 3. The molecule has 0 fully saturated rings. The largest absolute Gasteiger partial charge is 0.491 e. The Morgan fingerprint density at radius 3 is 2.15 bits per heavy atom. The van der Waals surface area contributed by atoms with Crippen molar-refractivity contribution >= 4 is 11.6 Å². The molecule has 4 heteroatoms. The van der Waals surface area contributed by atoms with Gasteiger partial charge in [-0.2, -0.15) is 0 Å². The molecule has 0 aliphatic rings. The maximum atomic E-state index is 12.4. The lowest BCUT2D eigenvalue weighted by Gasteiger charge is -2.09. The highest BCUT2D eigenvalue weighted by Gasteiger charge is 2.07. The first-order valence-corrected chi connectivity index (χ1v) is 9.03. The summed E-state index contributed by atoms with van der Waals surface area (Å²) in [5.74, 6) is 0.611. The Balaban J connectivity index is 1.57. The molecule has 138 valence electrons. The van der Waals surface area contributed by atoms with Crippen LogP contribution < -0.4 is 10.1 Å². The average molecular weight is 361 g/mol. The zero-order chi connectivity index (χ0) is 18.9. The van der Waals surface area contributed by atoms with E-state index in [9.17, 15) is 4.79 Å². The highest BCUT2D eigenvalue weighted by atomic mass is 16.5. The summed E-state index contributed by atoms with van der Waals surface area (Å²) in [6.45, 7) is 3.70. The van der Waals surface area contributed by atoms with E-state index < -0.39 is 0 Å². The average Bonchev–Trinajstić information content (AvgIpc) is 2.73. The van der Waals surface area contributed by atoms with Crippen molar-refractivity contribution in [1.82, 2.24) is 0 Å². The van der Waals surface area contributed by atoms with Crippen molar-refractivity contribution in [1.29, 1.82) is 0 Å². The number of ether oxygens (including phenoxy) is 2. The van der Waals surface area contributed by atoms with E-state index in [1.165, 1.54) is 0 Å². The van der Waals surface area contributed by atoms with Gasteiger partial charge in [0.15, 0.2) is 0 Å². The van der Waals surface area contributed by atoms with Crippen molar-refractivity contribution in [2.75, 3.05) is 25.1 Å². The van der Waals surface area contributed by atoms with E-state index in [0.29, 0.717) is 25.4 Å². The van der Waals surface area contributed by atoms with Crippen molar-refractivity contribution in [3.63, 3.8) is 0 Å². The van der Waals surface area contributed by atoms with E-state index in [1.807, 2.05) is 85.8 Å². The molecule has 0 saturated heterocycles. The number of amides is 1. The Morgan fingerprint density at radius 1 is 0.815 bits per heavy atom. The lowest BCUT2D eigenvalue weighted by atomic mass is 10.0. The highest BCUT2D eigenvalue weighted by molar-refractivity contribution is 6.04. The van der Waals surface area contributed by atoms with E-state index in [-0.39, 0.29) is 5.91 Å². The van der Waals surface area contributed by atoms with Gasteiger partial charge in [-0.25, -0.2) is 0 Å². The third-order valence-electron chi connectivity index (χ3n) is 4.07. The minimum atomic E-state index is -0.139. The smallest absolute Gasteiger partial charge is 0.255 e. The number of benzene rings is 3. The Hall–Kier alpha value is -3.11. The SMILES string of the molecule is CCOCCOc1ccc(NC(=O)c2ccc(-c3ccccc3)cc2)cc1. The summed E-state index contributed by atoms with van der Waals surface area (Å²) >= 11 is 0. The van der Waals surface area contributed by atoms with E-state index >= 15 is 0 Å². The quantitative estimate of drug-likeness (QED) is 0.573. The van der Waals surface area contributed by atoms with E-state index in [4.69, 9.17) is 9.47 Å². The van der Waals surface area contributed by atoms with Crippen LogP contribution in [0, 0.1) is 0 Å². The molecule has 3 aromatic carbocycles. The molecule has 0 atom stereocenters. The predicted octanol–water partition coefficient (Wildman–Crippen LogP) is 5.02. The summed E-state index contributed by atoms with van der Waals surface area (Å²) < 4.78 is 10.8. The predicted molar refractivity (Wildman–Crippen MR) is 108 cm³/mol. The van der Waals surface area contributed by atoms with Crippen LogP contribution in [0.4, 0.5) is 5.69 Å². The standard InChI is InChI=1S/C23H23NO3/c1-2-26-16-17-27-22-14-12-21(13-15-22)24-23(25)20-10-8-19(9-11-20)18-6-4-3-5-7-18/h3-15H,2,16-17H2,1H3,(H,24,25). The van der Waals surface area contributed by atoms with Gasteiger partial charge in [-0.3, -0.25) is 4.79 Å². The lowest BCUT2D eigenvalue weighted by molar-refractivity contribution is 0.102. The first-order valence-electron chi connectivity index (χ1n) is 9.03. The van der Waals surface area contributed by atoms with Crippen LogP contribution in [0.25, 0.3) is 11.1 Å². The molecule has 0 aliphatic carbocycles. The minimum absolute atomic E-state index is 0.139. The Labute approximate surface area is 159 Å². The highest BCUT2D eigenvalue weighted by Crippen LogP contribution is 2.20. The molecule has 4 nitrogen and oxygen atoms in total. The summed E-state index contributed by atoms with van der Waals surface area (Å²) in [5.41, 5.74) is 3.56. The second kappa shape index (κ2) is 9.55. The van der Waals surface area contributed by atoms with Crippen LogP contribution in [0.2, 0.25) is 0 Å². The second-order valence-electron chi connectivity index (χ2n) is 5.97. The molecule has 3 aromatic rings. The molecule has 3 rings (SSSR count). The van der Waals surface area contributed by atoms with Crippen LogP contribution in [0.1, 0.15) is 17.3 Å². The summed E-state index contributed by atoms with van der Waals surface area (Å²) in [4.78, 5) is 12.4. The van der Waals surface area contributed by atoms with Crippen LogP contribution in [-0.4, -0.2) is 25.7 Å². The van der Waals surface area contributed by atoms with Gasteiger partial charge in [-0.1, -0.05) is 42.5 Å². The van der Waals surface area contributed by atoms with Gasteiger partial charge in [0, 0.05) is 17.9 Å². The van der Waals surface area contributed by atoms with Crippen molar-refractivity contribution in [3.05, 3.63) is 84.4 Å². The first kappa shape index (κ1) is 18.7. The molecule has 0 saturated carbocycles. The number of rotatable bonds is 8. The number of nitrogens with one attached hydrogen (secondary N) is 1. The van der Waals surface area contributed by atoms with Gasteiger partial charge >= 0.3 is 0 Å². The molecule has 1 N–H and O–H groups in total. The van der Waals surface area contributed by atoms with Crippen LogP contribution in [-0.2, 0) is 4.74 Å². The fourth-order valence-corrected chi connectivity index (χ4v) is 2.65. The van der Waals surface area contributed by atoms with Gasteiger partial charge < -0.3 is 14.8 Å². The van der Waals surface area contributed by atoms with Crippen molar-refractivity contribution in [2.24, 2.45) is 0 Å². The molecule has 27 heavy (non-hydrogen) atoms. The van der Waals surface area contributed by atoms with Gasteiger partial charge in [0.2, 0.25) is 0 Å². The van der Waals surface area contributed by atoms with Crippen LogP contribution in [0.3, 0.4) is 0 Å². The van der Waals surface area contributed by atoms with Crippen LogP contribution >= 0.6 is 0 Å². The number of carbonyl (C=O) groups excluding carboxylic acids is 1. The van der Waals surface area contributed by atoms with Gasteiger partial charge in [0.1, 0.15) is 12.4 Å². The third kappa shape index (κ3) is 5.43. The van der Waals surface area contributed by atoms with E-state index in [1.54, 1.807) is 0 Å². The Kier molecular flexibility index (Phi) is 6.61. The van der Waals surface area contributed by atoms with Gasteiger partial charge in [0.25, 0.3) is 5.91 Å². The molecular weight excluding hydrogens is 338 g/mol. The van der Waals surface area contributed by atoms with Crippen LogP contribution in [0.5, 0.6) is 5.75 Å². The Morgan fingerprint density at radius 2 is 1.48 bits per heavy atom. The Bertz CT molecular complexity index is 843. The van der Waals surface area contributed by atoms with Crippen molar-refractivity contribution in [3.8, 4) is 16.9 Å². The summed E-state index contributed by atoms with van der Waals surface area (Å²) in [6, 6.07) is 25.0. The topological polar surface area (TPSA) is 47.6 Å². The molecule has 1 amide bonds. The number of anilines is 1. The first-order chi connectivity index (χ1) is 13.3.